The van der Waals surface area contributed by atoms with Crippen molar-refractivity contribution in [2.45, 2.75) is 160 Å². The Bertz CT molecular complexity index is 3320. The lowest BCUT2D eigenvalue weighted by molar-refractivity contribution is -0.287. The standard InChI is InChI=1S/C30H32F3NO6.C27H28F3NO6.2CH4/c1-27(2,16-35)25-10-18-9-17(21(31)13-22(18)34(25)14-20-15-37-28(3,4)38-20)11-26(36)29(7-8-29)19-5-6-23-24(12-19)40-30(32,33)39-23;1-25(2,14-33)23-8-16-7-15(19(28)11-20(16)31(23)12-18(34)13-32)9-24(35)26(5-6-26)17-3-4-21-22(10-17)37-27(29,30)36-21;;/h5-6,9-10,12-13,20,35H,7-8,11,14-16H2,1-4H3;3-4,7-8,10-11,18,32-34H,5-6,9,12-14H2,1-2H3;2*1H4/t20-;18-;;/m11../s1. The first-order valence-corrected chi connectivity index (χ1v) is 25.5. The topological polar surface area (TPSA) is 180 Å². The lowest BCUT2D eigenvalue weighted by atomic mass is 9.87. The van der Waals surface area contributed by atoms with E-state index >= 15 is 8.78 Å². The van der Waals surface area contributed by atoms with E-state index in [2.05, 4.69) is 18.9 Å². The second-order valence-electron chi connectivity index (χ2n) is 22.7. The summed E-state index contributed by atoms with van der Waals surface area (Å²) >= 11 is 0. The molecule has 5 heterocycles. The summed E-state index contributed by atoms with van der Waals surface area (Å²) in [4.78, 5) is 26.9. The van der Waals surface area contributed by atoms with Gasteiger partial charge in [0.2, 0.25) is 0 Å². The van der Waals surface area contributed by atoms with Gasteiger partial charge in [-0.3, -0.25) is 9.59 Å². The first-order valence-electron chi connectivity index (χ1n) is 25.5. The van der Waals surface area contributed by atoms with Gasteiger partial charge in [-0.25, -0.2) is 8.78 Å². The molecule has 6 aromatic rings. The van der Waals surface area contributed by atoms with Gasteiger partial charge in [-0.15, -0.1) is 17.6 Å². The monoisotopic (exact) mass is 1110 g/mol. The number of fused-ring (bicyclic) bond motifs is 4. The van der Waals surface area contributed by atoms with E-state index in [-0.39, 0.29) is 99.2 Å². The minimum Gasteiger partial charge on any atom is -0.395 e. The first-order chi connectivity index (χ1) is 36.1. The lowest BCUT2D eigenvalue weighted by Gasteiger charge is -2.26. The number of alkyl halides is 4. The summed E-state index contributed by atoms with van der Waals surface area (Å²) in [6.07, 6.45) is -7.08. The summed E-state index contributed by atoms with van der Waals surface area (Å²) in [5, 5.41) is 40.8. The molecule has 0 bridgehead atoms. The number of nitrogens with zero attached hydrogens (tertiary/aromatic N) is 2. The fraction of sp³-hybridized carbons (Fsp3) is 0.492. The Balaban J connectivity index is 0.000000204. The van der Waals surface area contributed by atoms with Crippen molar-refractivity contribution in [3.63, 3.8) is 0 Å². The number of carbonyl (C=O) groups is 2. The van der Waals surface area contributed by atoms with Gasteiger partial charge in [-0.2, -0.15) is 0 Å². The number of Topliss-reactive ketones (excluding diaryl/α,β-unsaturated/α-hetero) is 2. The van der Waals surface area contributed by atoms with Crippen LogP contribution in [0.25, 0.3) is 21.8 Å². The van der Waals surface area contributed by atoms with Crippen molar-refractivity contribution in [1.29, 1.82) is 0 Å². The van der Waals surface area contributed by atoms with Crippen LogP contribution in [0.4, 0.5) is 26.3 Å². The molecule has 428 valence electrons. The van der Waals surface area contributed by atoms with Crippen LogP contribution in [0.2, 0.25) is 0 Å². The van der Waals surface area contributed by atoms with Crippen molar-refractivity contribution in [3.8, 4) is 23.0 Å². The Morgan fingerprint density at radius 3 is 1.44 bits per heavy atom. The van der Waals surface area contributed by atoms with Gasteiger partial charge >= 0.3 is 12.6 Å². The minimum atomic E-state index is -3.76. The van der Waals surface area contributed by atoms with E-state index in [1.165, 1.54) is 36.4 Å². The zero-order valence-corrected chi connectivity index (χ0v) is 43.3. The summed E-state index contributed by atoms with van der Waals surface area (Å²) in [7, 11) is 0. The van der Waals surface area contributed by atoms with Crippen molar-refractivity contribution >= 4 is 33.4 Å². The molecule has 2 aromatic heterocycles. The molecule has 2 aliphatic carbocycles. The van der Waals surface area contributed by atoms with Crippen LogP contribution in [0.15, 0.2) is 72.8 Å². The Morgan fingerprint density at radius 1 is 0.633 bits per heavy atom. The number of benzene rings is 4. The van der Waals surface area contributed by atoms with Gasteiger partial charge in [-0.1, -0.05) is 54.7 Å². The highest BCUT2D eigenvalue weighted by Gasteiger charge is 2.54. The average molecular weight is 1110 g/mol. The molecule has 4 N–H and O–H groups in total. The Kier molecular flexibility index (Phi) is 15.5. The van der Waals surface area contributed by atoms with Crippen molar-refractivity contribution in [1.82, 2.24) is 9.13 Å². The van der Waals surface area contributed by atoms with Crippen molar-refractivity contribution < 1.29 is 84.8 Å². The number of aromatic nitrogens is 2. The van der Waals surface area contributed by atoms with Crippen LogP contribution in [-0.2, 0) is 66.7 Å². The third kappa shape index (κ3) is 11.2. The van der Waals surface area contributed by atoms with Crippen molar-refractivity contribution in [2.24, 2.45) is 0 Å². The maximum atomic E-state index is 15.6. The number of ether oxygens (including phenoxy) is 6. The molecule has 3 aliphatic heterocycles. The van der Waals surface area contributed by atoms with Gasteiger partial charge in [0.05, 0.1) is 67.5 Å². The summed E-state index contributed by atoms with van der Waals surface area (Å²) in [5.74, 6) is -2.70. The average Bonchev–Trinajstić information content (AvgIpc) is 4.40. The normalized spacial score (nSPS) is 19.8. The van der Waals surface area contributed by atoms with Crippen LogP contribution in [0.3, 0.4) is 0 Å². The highest BCUT2D eigenvalue weighted by molar-refractivity contribution is 5.97. The Morgan fingerprint density at radius 2 is 1.05 bits per heavy atom. The van der Waals surface area contributed by atoms with Gasteiger partial charge in [0.15, 0.2) is 28.8 Å². The van der Waals surface area contributed by atoms with Crippen molar-refractivity contribution in [3.05, 3.63) is 118 Å². The molecule has 11 rings (SSSR count). The number of halogens is 6. The maximum absolute atomic E-state index is 15.6. The van der Waals surface area contributed by atoms with Gasteiger partial charge in [-0.05, 0) is 122 Å². The number of hydrogen-bond donors (Lipinski definition) is 4. The summed E-state index contributed by atoms with van der Waals surface area (Å²) < 4.78 is 118. The zero-order chi connectivity index (χ0) is 55.4. The quantitative estimate of drug-likeness (QED) is 0.0636. The molecule has 2 saturated carbocycles. The van der Waals surface area contributed by atoms with E-state index in [0.717, 1.165) is 11.1 Å². The molecular formula is C59H68F6N2O12. The van der Waals surface area contributed by atoms with E-state index < -0.39 is 64.4 Å². The fourth-order valence-corrected chi connectivity index (χ4v) is 10.8. The van der Waals surface area contributed by atoms with Crippen molar-refractivity contribution in [2.75, 3.05) is 26.4 Å². The minimum absolute atomic E-state index is 0. The molecule has 2 atom stereocenters. The number of ketones is 2. The number of carbonyl (C=O) groups excluding carboxylic acids is 2. The summed E-state index contributed by atoms with van der Waals surface area (Å²) in [6, 6.07) is 18.4. The largest absolute Gasteiger partial charge is 0.586 e. The fourth-order valence-electron chi connectivity index (χ4n) is 10.8. The van der Waals surface area contributed by atoms with Crippen LogP contribution in [0, 0.1) is 11.6 Å². The Hall–Kier alpha value is -6.16. The van der Waals surface area contributed by atoms with Crippen LogP contribution in [-0.4, -0.2) is 98.1 Å². The third-order valence-electron chi connectivity index (χ3n) is 15.6. The first kappa shape index (κ1) is 59.0. The Labute approximate surface area is 453 Å². The molecule has 4 aromatic carbocycles. The van der Waals surface area contributed by atoms with E-state index in [1.807, 2.05) is 52.2 Å². The summed E-state index contributed by atoms with van der Waals surface area (Å²) in [6.45, 7) is 11.1. The second kappa shape index (κ2) is 20.7. The molecule has 79 heavy (non-hydrogen) atoms. The molecule has 1 saturated heterocycles. The molecular weight excluding hydrogens is 1040 g/mol. The maximum Gasteiger partial charge on any atom is 0.586 e. The molecule has 0 spiro atoms. The molecule has 20 heteroatoms. The smallest absolute Gasteiger partial charge is 0.395 e. The van der Waals surface area contributed by atoms with Crippen LogP contribution in [0.1, 0.15) is 116 Å². The van der Waals surface area contributed by atoms with Crippen LogP contribution >= 0.6 is 0 Å². The number of aliphatic hydroxyl groups excluding tert-OH is 4. The SMILES string of the molecule is C.C.CC(C)(CO)c1cc2cc(CC(=O)C3(c4ccc5c(c4)OC(F)(F)O5)CC3)c(F)cc2n1C[C@@H](O)CO.CC1(C)OC[C@@H](Cn2c(C(C)(C)CO)cc3cc(CC(=O)C4(c5ccc6c(c5)OC(F)(F)O6)CC4)c(F)cc32)O1. The third-order valence-corrected chi connectivity index (χ3v) is 15.6. The molecule has 0 amide bonds. The molecule has 5 aliphatic rings. The van der Waals surface area contributed by atoms with E-state index in [4.69, 9.17) is 9.47 Å². The van der Waals surface area contributed by atoms with Crippen LogP contribution in [0.5, 0.6) is 23.0 Å². The lowest BCUT2D eigenvalue weighted by Crippen LogP contribution is -2.29. The summed E-state index contributed by atoms with van der Waals surface area (Å²) in [5.41, 5.74) is 0.976. The highest BCUT2D eigenvalue weighted by Crippen LogP contribution is 2.54. The molecule has 0 unspecified atom stereocenters. The second-order valence-corrected chi connectivity index (χ2v) is 22.7. The van der Waals surface area contributed by atoms with Gasteiger partial charge in [0.1, 0.15) is 29.3 Å². The van der Waals surface area contributed by atoms with E-state index in [9.17, 15) is 47.6 Å². The zero-order valence-electron chi connectivity index (χ0n) is 43.3. The van der Waals surface area contributed by atoms with Gasteiger partial charge in [0, 0.05) is 45.8 Å². The predicted octanol–water partition coefficient (Wildman–Crippen LogP) is 10.2. The predicted molar refractivity (Wildman–Crippen MR) is 280 cm³/mol. The van der Waals surface area contributed by atoms with Crippen LogP contribution < -0.4 is 18.9 Å². The number of rotatable bonds is 17. The van der Waals surface area contributed by atoms with E-state index in [1.54, 1.807) is 34.9 Å². The highest BCUT2D eigenvalue weighted by atomic mass is 19.3. The number of aliphatic hydroxyl groups is 4. The molecule has 14 nitrogen and oxygen atoms in total. The van der Waals surface area contributed by atoms with Gasteiger partial charge in [0.25, 0.3) is 0 Å². The molecule has 3 fully saturated rings. The van der Waals surface area contributed by atoms with E-state index in [0.29, 0.717) is 72.1 Å². The molecule has 0 radical (unpaired) electrons. The van der Waals surface area contributed by atoms with Gasteiger partial charge < -0.3 is 58.0 Å². The number of hydrogen-bond acceptors (Lipinski definition) is 12.